The molecule has 3 heterocycles. The van der Waals surface area contributed by atoms with Gasteiger partial charge < -0.3 is 15.0 Å². The first-order chi connectivity index (χ1) is 13.3. The molecule has 1 atom stereocenters. The highest BCUT2D eigenvalue weighted by molar-refractivity contribution is 7.13. The number of aliphatic imine (C=N–C) groups is 1. The SMILES string of the molecule is CN=C(NCc1csc(-c2ccccc2)n1)N1CCC(N2CCOCC2)C1. The zero-order chi connectivity index (χ0) is 18.5. The molecule has 144 valence electrons. The van der Waals surface area contributed by atoms with Crippen LogP contribution >= 0.6 is 11.3 Å². The van der Waals surface area contributed by atoms with Crippen LogP contribution in [0.2, 0.25) is 0 Å². The molecule has 1 N–H and O–H groups in total. The average Bonchev–Trinajstić information content (AvgIpc) is 3.40. The first kappa shape index (κ1) is 18.4. The van der Waals surface area contributed by atoms with Crippen LogP contribution in [0.1, 0.15) is 12.1 Å². The fourth-order valence-corrected chi connectivity index (χ4v) is 4.60. The van der Waals surface area contributed by atoms with E-state index in [9.17, 15) is 0 Å². The second kappa shape index (κ2) is 8.82. The molecule has 4 rings (SSSR count). The molecule has 1 aromatic heterocycles. The summed E-state index contributed by atoms with van der Waals surface area (Å²) in [5.74, 6) is 0.972. The minimum absolute atomic E-state index is 0.608. The molecule has 6 nitrogen and oxygen atoms in total. The van der Waals surface area contributed by atoms with Crippen LogP contribution in [0.4, 0.5) is 0 Å². The van der Waals surface area contributed by atoms with Crippen molar-refractivity contribution in [3.8, 4) is 10.6 Å². The van der Waals surface area contributed by atoms with E-state index in [4.69, 9.17) is 9.72 Å². The van der Waals surface area contributed by atoms with Crippen molar-refractivity contribution in [3.63, 3.8) is 0 Å². The Morgan fingerprint density at radius 2 is 2.07 bits per heavy atom. The van der Waals surface area contributed by atoms with Gasteiger partial charge in [-0.15, -0.1) is 11.3 Å². The number of likely N-dealkylation sites (tertiary alicyclic amines) is 1. The molecule has 7 heteroatoms. The summed E-state index contributed by atoms with van der Waals surface area (Å²) in [7, 11) is 1.86. The van der Waals surface area contributed by atoms with E-state index in [1.807, 2.05) is 13.1 Å². The Morgan fingerprint density at radius 1 is 1.26 bits per heavy atom. The molecule has 2 fully saturated rings. The monoisotopic (exact) mass is 385 g/mol. The van der Waals surface area contributed by atoms with Gasteiger partial charge in [0.15, 0.2) is 5.96 Å². The van der Waals surface area contributed by atoms with Crippen molar-refractivity contribution in [2.24, 2.45) is 4.99 Å². The third-order valence-electron chi connectivity index (χ3n) is 5.24. The Labute approximate surface area is 164 Å². The third kappa shape index (κ3) is 4.48. The van der Waals surface area contributed by atoms with Crippen LogP contribution in [0.5, 0.6) is 0 Å². The molecule has 27 heavy (non-hydrogen) atoms. The minimum atomic E-state index is 0.608. The van der Waals surface area contributed by atoms with E-state index in [-0.39, 0.29) is 0 Å². The molecular formula is C20H27N5OS. The van der Waals surface area contributed by atoms with Crippen LogP contribution in [0.25, 0.3) is 10.6 Å². The summed E-state index contributed by atoms with van der Waals surface area (Å²) in [4.78, 5) is 14.2. The quantitative estimate of drug-likeness (QED) is 0.647. The maximum absolute atomic E-state index is 5.48. The first-order valence-corrected chi connectivity index (χ1v) is 10.5. The highest BCUT2D eigenvalue weighted by Gasteiger charge is 2.30. The summed E-state index contributed by atoms with van der Waals surface area (Å²) in [5, 5.41) is 6.69. The van der Waals surface area contributed by atoms with Gasteiger partial charge >= 0.3 is 0 Å². The predicted octanol–water partition coefficient (Wildman–Crippen LogP) is 2.29. The number of thiazole rings is 1. The first-order valence-electron chi connectivity index (χ1n) is 9.60. The van der Waals surface area contributed by atoms with Crippen molar-refractivity contribution in [1.29, 1.82) is 0 Å². The van der Waals surface area contributed by atoms with Crippen molar-refractivity contribution in [2.45, 2.75) is 19.0 Å². The number of nitrogens with zero attached hydrogens (tertiary/aromatic N) is 4. The van der Waals surface area contributed by atoms with Crippen molar-refractivity contribution in [3.05, 3.63) is 41.4 Å². The number of morpholine rings is 1. The molecular weight excluding hydrogens is 358 g/mol. The molecule has 0 amide bonds. The van der Waals surface area contributed by atoms with Gasteiger partial charge in [0.25, 0.3) is 0 Å². The van der Waals surface area contributed by atoms with Gasteiger partial charge in [0.05, 0.1) is 25.5 Å². The van der Waals surface area contributed by atoms with Crippen LogP contribution in [0.3, 0.4) is 0 Å². The van der Waals surface area contributed by atoms with Crippen LogP contribution < -0.4 is 5.32 Å². The van der Waals surface area contributed by atoms with E-state index in [0.29, 0.717) is 12.6 Å². The van der Waals surface area contributed by atoms with E-state index in [2.05, 4.69) is 49.8 Å². The predicted molar refractivity (Wildman–Crippen MR) is 110 cm³/mol. The Balaban J connectivity index is 1.31. The number of hydrogen-bond donors (Lipinski definition) is 1. The number of aromatic nitrogens is 1. The summed E-state index contributed by atoms with van der Waals surface area (Å²) >= 11 is 1.69. The van der Waals surface area contributed by atoms with Gasteiger partial charge in [-0.2, -0.15) is 0 Å². The fourth-order valence-electron chi connectivity index (χ4n) is 3.78. The molecule has 2 aliphatic heterocycles. The minimum Gasteiger partial charge on any atom is -0.379 e. The maximum atomic E-state index is 5.48. The van der Waals surface area contributed by atoms with Gasteiger partial charge in [-0.3, -0.25) is 9.89 Å². The number of ether oxygens (including phenoxy) is 1. The van der Waals surface area contributed by atoms with Crippen LogP contribution in [0.15, 0.2) is 40.7 Å². The van der Waals surface area contributed by atoms with Gasteiger partial charge in [0.1, 0.15) is 5.01 Å². The molecule has 2 aliphatic rings. The second-order valence-electron chi connectivity index (χ2n) is 6.95. The highest BCUT2D eigenvalue weighted by atomic mass is 32.1. The topological polar surface area (TPSA) is 53.0 Å². The Bertz CT molecular complexity index is 757. The van der Waals surface area contributed by atoms with E-state index in [1.54, 1.807) is 11.3 Å². The van der Waals surface area contributed by atoms with Gasteiger partial charge in [0.2, 0.25) is 0 Å². The van der Waals surface area contributed by atoms with E-state index >= 15 is 0 Å². The Hall–Kier alpha value is -1.96. The number of benzene rings is 1. The lowest BCUT2D eigenvalue weighted by Gasteiger charge is -2.32. The smallest absolute Gasteiger partial charge is 0.194 e. The molecule has 0 saturated carbocycles. The van der Waals surface area contributed by atoms with Crippen LogP contribution in [-0.4, -0.2) is 73.2 Å². The molecule has 0 spiro atoms. The molecule has 1 unspecified atom stereocenters. The summed E-state index contributed by atoms with van der Waals surface area (Å²) < 4.78 is 5.48. The molecule has 2 saturated heterocycles. The number of rotatable bonds is 4. The van der Waals surface area contributed by atoms with Gasteiger partial charge in [-0.25, -0.2) is 4.98 Å². The standard InChI is InChI=1S/C20H27N5OS/c1-21-20(25-8-7-18(14-25)24-9-11-26-12-10-24)22-13-17-15-27-19(23-17)16-5-3-2-4-6-16/h2-6,15,18H,7-14H2,1H3,(H,21,22). The lowest BCUT2D eigenvalue weighted by molar-refractivity contribution is 0.0195. The van der Waals surface area contributed by atoms with Crippen molar-refractivity contribution >= 4 is 17.3 Å². The normalized spacial score (nSPS) is 21.6. The fraction of sp³-hybridized carbons (Fsp3) is 0.500. The summed E-state index contributed by atoms with van der Waals surface area (Å²) in [6, 6.07) is 10.9. The van der Waals surface area contributed by atoms with Gasteiger partial charge in [-0.05, 0) is 6.42 Å². The molecule has 0 radical (unpaired) electrons. The lowest BCUT2D eigenvalue weighted by Crippen LogP contribution is -2.46. The zero-order valence-electron chi connectivity index (χ0n) is 15.8. The van der Waals surface area contributed by atoms with Gasteiger partial charge in [0, 0.05) is 50.2 Å². The van der Waals surface area contributed by atoms with Crippen LogP contribution in [0, 0.1) is 0 Å². The van der Waals surface area contributed by atoms with Crippen molar-refractivity contribution in [1.82, 2.24) is 20.1 Å². The maximum Gasteiger partial charge on any atom is 0.194 e. The Morgan fingerprint density at radius 3 is 2.85 bits per heavy atom. The van der Waals surface area contributed by atoms with Crippen molar-refractivity contribution in [2.75, 3.05) is 46.4 Å². The average molecular weight is 386 g/mol. The third-order valence-corrected chi connectivity index (χ3v) is 6.18. The number of guanidine groups is 1. The number of nitrogens with one attached hydrogen (secondary N) is 1. The van der Waals surface area contributed by atoms with Crippen molar-refractivity contribution < 1.29 is 4.74 Å². The number of hydrogen-bond acceptors (Lipinski definition) is 5. The molecule has 1 aromatic carbocycles. The van der Waals surface area contributed by atoms with Gasteiger partial charge in [-0.1, -0.05) is 30.3 Å². The second-order valence-corrected chi connectivity index (χ2v) is 7.81. The summed E-state index contributed by atoms with van der Waals surface area (Å²) in [5.41, 5.74) is 2.23. The summed E-state index contributed by atoms with van der Waals surface area (Å²) in [6.07, 6.45) is 1.19. The molecule has 0 bridgehead atoms. The van der Waals surface area contributed by atoms with E-state index in [0.717, 1.165) is 56.1 Å². The molecule has 2 aromatic rings. The van der Waals surface area contributed by atoms with E-state index < -0.39 is 0 Å². The van der Waals surface area contributed by atoms with Crippen LogP contribution in [-0.2, 0) is 11.3 Å². The Kier molecular flexibility index (Phi) is 6.01. The van der Waals surface area contributed by atoms with E-state index in [1.165, 1.54) is 12.0 Å². The largest absolute Gasteiger partial charge is 0.379 e. The zero-order valence-corrected chi connectivity index (χ0v) is 16.6. The lowest BCUT2D eigenvalue weighted by atomic mass is 10.2. The molecule has 0 aliphatic carbocycles. The highest BCUT2D eigenvalue weighted by Crippen LogP contribution is 2.23. The summed E-state index contributed by atoms with van der Waals surface area (Å²) in [6.45, 7) is 6.60.